The van der Waals surface area contributed by atoms with Gasteiger partial charge in [0.2, 0.25) is 5.95 Å². The van der Waals surface area contributed by atoms with Crippen molar-refractivity contribution in [2.24, 2.45) is 0 Å². The smallest absolute Gasteiger partial charge is 0.261 e. The van der Waals surface area contributed by atoms with Crippen LogP contribution in [0.25, 0.3) is 0 Å². The number of carbonyl (C=O) groups excluding carboxylic acids is 1. The largest absolute Gasteiger partial charge is 0.454 e. The first-order chi connectivity index (χ1) is 18.9. The number of nitrogens with zero attached hydrogens (tertiary/aromatic N) is 4. The van der Waals surface area contributed by atoms with Crippen molar-refractivity contribution in [2.75, 3.05) is 34.4 Å². The highest BCUT2D eigenvalue weighted by Crippen LogP contribution is 2.30. The Balaban J connectivity index is 0.00000205. The monoisotopic (exact) mass is 643 g/mol. The van der Waals surface area contributed by atoms with Crippen molar-refractivity contribution in [3.05, 3.63) is 83.9 Å². The van der Waals surface area contributed by atoms with Gasteiger partial charge in [0.05, 0.1) is 5.69 Å². The van der Waals surface area contributed by atoms with Crippen LogP contribution < -0.4 is 26.0 Å². The molecule has 0 unspecified atom stereocenters. The third-order valence-corrected chi connectivity index (χ3v) is 6.01. The highest BCUT2D eigenvalue weighted by Gasteiger charge is 2.21. The number of carbonyl (C=O) groups is 1. The normalized spacial score (nSPS) is 12.2. The van der Waals surface area contributed by atoms with Crippen molar-refractivity contribution >= 4 is 72.1 Å². The van der Waals surface area contributed by atoms with E-state index < -0.39 is 23.4 Å². The van der Waals surface area contributed by atoms with Crippen molar-refractivity contribution in [3.63, 3.8) is 0 Å². The molecule has 1 fully saturated rings. The van der Waals surface area contributed by atoms with E-state index in [0.717, 1.165) is 44.5 Å². The molecule has 224 valence electrons. The molecule has 0 bridgehead atoms. The summed E-state index contributed by atoms with van der Waals surface area (Å²) in [6.45, 7) is 1.51. The van der Waals surface area contributed by atoms with Gasteiger partial charge in [-0.1, -0.05) is 0 Å². The molecule has 0 atom stereocenters. The minimum Gasteiger partial charge on any atom is -0.454 e. The lowest BCUT2D eigenvalue weighted by Crippen LogP contribution is -2.31. The van der Waals surface area contributed by atoms with E-state index in [-0.39, 0.29) is 71.5 Å². The third-order valence-electron chi connectivity index (χ3n) is 6.01. The molecule has 3 heterocycles. The van der Waals surface area contributed by atoms with Gasteiger partial charge >= 0.3 is 0 Å². The Hall–Kier alpha value is -4.00. The maximum Gasteiger partial charge on any atom is 0.261 e. The highest BCUT2D eigenvalue weighted by atomic mass is 35.5. The maximum absolute atomic E-state index is 14.9. The molecule has 0 radical (unpaired) electrons. The average molecular weight is 645 g/mol. The molecule has 2 aromatic carbocycles. The molecule has 5 rings (SSSR count). The zero-order valence-electron chi connectivity index (χ0n) is 21.9. The molecule has 9 nitrogen and oxygen atoms in total. The second-order valence-corrected chi connectivity index (χ2v) is 8.85. The Bertz CT molecular complexity index is 1530. The zero-order chi connectivity index (χ0) is 27.4. The second-order valence-electron chi connectivity index (χ2n) is 8.85. The number of pyridine rings is 1. The van der Waals surface area contributed by atoms with Crippen LogP contribution in [0.15, 0.2) is 60.9 Å². The van der Waals surface area contributed by atoms with Gasteiger partial charge in [0, 0.05) is 49.4 Å². The number of halogens is 6. The van der Waals surface area contributed by atoms with E-state index in [1.807, 2.05) is 4.90 Å². The Kier molecular flexibility index (Phi) is 12.5. The van der Waals surface area contributed by atoms with E-state index in [4.69, 9.17) is 10.5 Å². The molecular formula is C27H27Cl3F3N7O2. The quantitative estimate of drug-likeness (QED) is 0.199. The summed E-state index contributed by atoms with van der Waals surface area (Å²) in [5.74, 6) is -2.14. The Morgan fingerprint density at radius 2 is 1.67 bits per heavy atom. The number of anilines is 5. The van der Waals surface area contributed by atoms with Gasteiger partial charge in [-0.25, -0.2) is 23.1 Å². The van der Waals surface area contributed by atoms with Crippen LogP contribution in [0, 0.1) is 17.5 Å². The van der Waals surface area contributed by atoms with Crippen molar-refractivity contribution < 1.29 is 22.7 Å². The van der Waals surface area contributed by atoms with Crippen LogP contribution in [0.5, 0.6) is 11.5 Å². The van der Waals surface area contributed by atoms with Crippen LogP contribution >= 0.6 is 37.2 Å². The molecule has 4 aromatic rings. The number of amides is 1. The van der Waals surface area contributed by atoms with E-state index in [1.54, 1.807) is 12.1 Å². The number of nitrogens with one attached hydrogen (secondary N) is 2. The van der Waals surface area contributed by atoms with Gasteiger partial charge in [0.1, 0.15) is 34.6 Å². The predicted molar refractivity (Wildman–Crippen MR) is 163 cm³/mol. The molecule has 0 spiro atoms. The first-order valence-corrected chi connectivity index (χ1v) is 12.2. The van der Waals surface area contributed by atoms with Gasteiger partial charge < -0.3 is 26.0 Å². The molecule has 42 heavy (non-hydrogen) atoms. The number of aromatic nitrogens is 3. The van der Waals surface area contributed by atoms with Crippen molar-refractivity contribution in [3.8, 4) is 11.5 Å². The van der Waals surface area contributed by atoms with E-state index >= 15 is 0 Å². The van der Waals surface area contributed by atoms with E-state index in [9.17, 15) is 18.0 Å². The number of benzene rings is 2. The highest BCUT2D eigenvalue weighted by molar-refractivity contribution is 6.07. The minimum atomic E-state index is -0.933. The summed E-state index contributed by atoms with van der Waals surface area (Å²) in [5.41, 5.74) is 5.69. The second kappa shape index (κ2) is 15.3. The van der Waals surface area contributed by atoms with Gasteiger partial charge in [-0.2, -0.15) is 4.98 Å². The molecule has 0 saturated carbocycles. The number of ether oxygens (including phenoxy) is 1. The number of nitrogen functional groups attached to an aromatic ring is 1. The van der Waals surface area contributed by atoms with E-state index in [2.05, 4.69) is 25.6 Å². The molecular weight excluding hydrogens is 618 g/mol. The lowest BCUT2D eigenvalue weighted by atomic mass is 10.1. The number of rotatable bonds is 7. The predicted octanol–water partition coefficient (Wildman–Crippen LogP) is 6.92. The molecule has 15 heteroatoms. The summed E-state index contributed by atoms with van der Waals surface area (Å²) in [7, 11) is 0. The van der Waals surface area contributed by atoms with Gasteiger partial charge in [-0.05, 0) is 49.6 Å². The van der Waals surface area contributed by atoms with E-state index in [1.165, 1.54) is 30.6 Å². The number of piperidine rings is 1. The van der Waals surface area contributed by atoms with Crippen molar-refractivity contribution in [2.45, 2.75) is 19.3 Å². The molecule has 1 aliphatic rings. The lowest BCUT2D eigenvalue weighted by molar-refractivity contribution is 0.102. The first-order valence-electron chi connectivity index (χ1n) is 12.2. The van der Waals surface area contributed by atoms with Crippen LogP contribution in [0.1, 0.15) is 29.6 Å². The van der Waals surface area contributed by atoms with Crippen LogP contribution in [0.2, 0.25) is 0 Å². The summed E-state index contributed by atoms with van der Waals surface area (Å²) < 4.78 is 48.0. The molecule has 4 N–H and O–H groups in total. The van der Waals surface area contributed by atoms with Crippen LogP contribution in [-0.4, -0.2) is 33.9 Å². The average Bonchev–Trinajstić information content (AvgIpc) is 2.92. The maximum atomic E-state index is 14.9. The summed E-state index contributed by atoms with van der Waals surface area (Å²) in [6.07, 6.45) is 5.82. The Morgan fingerprint density at radius 3 is 2.36 bits per heavy atom. The molecule has 2 aromatic heterocycles. The Morgan fingerprint density at radius 1 is 0.905 bits per heavy atom. The van der Waals surface area contributed by atoms with Crippen molar-refractivity contribution in [1.29, 1.82) is 0 Å². The fourth-order valence-electron chi connectivity index (χ4n) is 4.08. The van der Waals surface area contributed by atoms with Crippen molar-refractivity contribution in [1.82, 2.24) is 15.0 Å². The minimum absolute atomic E-state index is 0. The van der Waals surface area contributed by atoms with Gasteiger partial charge in [0.15, 0.2) is 11.6 Å². The van der Waals surface area contributed by atoms with E-state index in [0.29, 0.717) is 17.8 Å². The number of hydrogen-bond acceptors (Lipinski definition) is 8. The number of hydrogen-bond donors (Lipinski definition) is 3. The fourth-order valence-corrected chi connectivity index (χ4v) is 4.08. The summed E-state index contributed by atoms with van der Waals surface area (Å²) in [5, 5.41) is 5.37. The zero-order valence-corrected chi connectivity index (χ0v) is 24.3. The summed E-state index contributed by atoms with van der Waals surface area (Å²) >= 11 is 0. The molecule has 1 saturated heterocycles. The standard InChI is InChI=1S/C27H24F3N7O2.3ClH/c28-16-4-6-22(20(29)12-16)35-26(38)19-15-33-27(37-10-2-1-3-11-37)36-25(19)34-17-5-7-23(21(30)13-17)39-18-8-9-32-24(31)14-18;;;/h4-9,12-15H,1-3,10-11H2,(H2,31,32)(H,35,38)(H,33,34,36);3*1H. The first kappa shape index (κ1) is 34.2. The fraction of sp³-hybridized carbons (Fsp3) is 0.185. The topological polar surface area (TPSA) is 118 Å². The number of nitrogens with two attached hydrogens (primary N) is 1. The van der Waals surface area contributed by atoms with Crippen LogP contribution in [0.4, 0.5) is 42.1 Å². The van der Waals surface area contributed by atoms with Crippen LogP contribution in [-0.2, 0) is 0 Å². The summed E-state index contributed by atoms with van der Waals surface area (Å²) in [6, 6.07) is 9.95. The molecule has 1 amide bonds. The van der Waals surface area contributed by atoms with Gasteiger partial charge in [-0.15, -0.1) is 37.2 Å². The lowest BCUT2D eigenvalue weighted by Gasteiger charge is -2.27. The molecule has 1 aliphatic heterocycles. The third kappa shape index (κ3) is 8.28. The van der Waals surface area contributed by atoms with Gasteiger partial charge in [0.25, 0.3) is 5.91 Å². The summed E-state index contributed by atoms with van der Waals surface area (Å²) in [4.78, 5) is 27.8. The molecule has 0 aliphatic carbocycles. The Labute approximate surface area is 258 Å². The van der Waals surface area contributed by atoms with Gasteiger partial charge in [-0.3, -0.25) is 4.79 Å². The van der Waals surface area contributed by atoms with Crippen LogP contribution in [0.3, 0.4) is 0 Å². The SMILES string of the molecule is Cl.Cl.Cl.Nc1cc(Oc2ccc(Nc3nc(N4CCCCC4)ncc3C(=O)Nc3ccc(F)cc3F)cc2F)ccn1.